The minimum atomic E-state index is 0.300. The van der Waals surface area contributed by atoms with Crippen LogP contribution in [0.2, 0.25) is 0 Å². The summed E-state index contributed by atoms with van der Waals surface area (Å²) in [5.74, 6) is 0. The standard InChI is InChI=1S/C12H15NO/c1-2-5-10-9(4-1)8-11-12(10)14-7-3-6-13-11/h1-2,4-5,11-13H,3,6-8H2/t11-,12-/m0/s1. The molecule has 0 radical (unpaired) electrons. The van der Waals surface area contributed by atoms with Gasteiger partial charge in [-0.15, -0.1) is 0 Å². The van der Waals surface area contributed by atoms with E-state index in [9.17, 15) is 0 Å². The van der Waals surface area contributed by atoms with Crippen molar-refractivity contribution >= 4 is 0 Å². The second-order valence-corrected chi connectivity index (χ2v) is 4.11. The molecule has 1 saturated heterocycles. The Morgan fingerprint density at radius 2 is 2.21 bits per heavy atom. The van der Waals surface area contributed by atoms with Crippen molar-refractivity contribution in [3.63, 3.8) is 0 Å². The predicted octanol–water partition coefficient (Wildman–Crippen LogP) is 1.66. The molecule has 1 N–H and O–H groups in total. The van der Waals surface area contributed by atoms with Crippen molar-refractivity contribution in [3.8, 4) is 0 Å². The third-order valence-corrected chi connectivity index (χ3v) is 3.19. The van der Waals surface area contributed by atoms with E-state index in [4.69, 9.17) is 4.74 Å². The first-order valence-corrected chi connectivity index (χ1v) is 5.38. The van der Waals surface area contributed by atoms with Crippen molar-refractivity contribution in [2.75, 3.05) is 13.2 Å². The van der Waals surface area contributed by atoms with Crippen molar-refractivity contribution in [3.05, 3.63) is 35.4 Å². The lowest BCUT2D eigenvalue weighted by molar-refractivity contribution is 0.0505. The molecule has 74 valence electrons. The Bertz CT molecular complexity index is 337. The highest BCUT2D eigenvalue weighted by Gasteiger charge is 2.33. The number of hydrogen-bond acceptors (Lipinski definition) is 2. The maximum atomic E-state index is 5.89. The molecule has 1 aromatic rings. The Balaban J connectivity index is 1.96. The van der Waals surface area contributed by atoms with E-state index >= 15 is 0 Å². The van der Waals surface area contributed by atoms with Crippen LogP contribution in [0.3, 0.4) is 0 Å². The summed E-state index contributed by atoms with van der Waals surface area (Å²) in [5, 5.41) is 3.57. The van der Waals surface area contributed by atoms with Gasteiger partial charge in [-0.3, -0.25) is 0 Å². The van der Waals surface area contributed by atoms with E-state index in [-0.39, 0.29) is 0 Å². The van der Waals surface area contributed by atoms with E-state index in [1.54, 1.807) is 0 Å². The van der Waals surface area contributed by atoms with Gasteiger partial charge in [-0.25, -0.2) is 0 Å². The van der Waals surface area contributed by atoms with E-state index in [1.807, 2.05) is 0 Å². The third kappa shape index (κ3) is 1.26. The van der Waals surface area contributed by atoms with E-state index < -0.39 is 0 Å². The van der Waals surface area contributed by atoms with Crippen LogP contribution in [-0.4, -0.2) is 19.2 Å². The summed E-state index contributed by atoms with van der Waals surface area (Å²) in [7, 11) is 0. The fraction of sp³-hybridized carbons (Fsp3) is 0.500. The minimum absolute atomic E-state index is 0.300. The van der Waals surface area contributed by atoms with Crippen LogP contribution in [0.15, 0.2) is 24.3 Å². The molecule has 1 aromatic carbocycles. The Hall–Kier alpha value is -0.860. The molecule has 0 amide bonds. The molecule has 0 unspecified atom stereocenters. The number of nitrogens with one attached hydrogen (secondary N) is 1. The minimum Gasteiger partial charge on any atom is -0.372 e. The first-order chi connectivity index (χ1) is 6.95. The zero-order valence-electron chi connectivity index (χ0n) is 8.20. The van der Waals surface area contributed by atoms with Crippen LogP contribution in [-0.2, 0) is 11.2 Å². The van der Waals surface area contributed by atoms with E-state index in [0.717, 1.165) is 26.0 Å². The molecule has 2 atom stereocenters. The van der Waals surface area contributed by atoms with Crippen molar-refractivity contribution < 1.29 is 4.74 Å². The summed E-state index contributed by atoms with van der Waals surface area (Å²) in [4.78, 5) is 0. The predicted molar refractivity (Wildman–Crippen MR) is 55.2 cm³/mol. The van der Waals surface area contributed by atoms with Gasteiger partial charge >= 0.3 is 0 Å². The summed E-state index contributed by atoms with van der Waals surface area (Å²) >= 11 is 0. The molecule has 1 aliphatic carbocycles. The zero-order chi connectivity index (χ0) is 9.38. The van der Waals surface area contributed by atoms with Gasteiger partial charge < -0.3 is 10.1 Å². The summed E-state index contributed by atoms with van der Waals surface area (Å²) in [6, 6.07) is 9.15. The lowest BCUT2D eigenvalue weighted by Gasteiger charge is -2.17. The number of fused-ring (bicyclic) bond motifs is 3. The summed E-state index contributed by atoms with van der Waals surface area (Å²) in [5.41, 5.74) is 2.85. The molecule has 0 saturated carbocycles. The zero-order valence-corrected chi connectivity index (χ0v) is 8.20. The van der Waals surface area contributed by atoms with E-state index in [0.29, 0.717) is 12.1 Å². The first kappa shape index (κ1) is 8.45. The van der Waals surface area contributed by atoms with Crippen molar-refractivity contribution in [2.24, 2.45) is 0 Å². The van der Waals surface area contributed by atoms with Gasteiger partial charge in [-0.2, -0.15) is 0 Å². The summed E-state index contributed by atoms with van der Waals surface area (Å²) in [6.07, 6.45) is 2.56. The molecule has 14 heavy (non-hydrogen) atoms. The maximum absolute atomic E-state index is 5.89. The van der Waals surface area contributed by atoms with Gasteiger partial charge in [0.2, 0.25) is 0 Å². The molecular formula is C12H15NO. The molecule has 2 nitrogen and oxygen atoms in total. The molecule has 0 spiro atoms. The molecule has 1 heterocycles. The van der Waals surface area contributed by atoms with Crippen molar-refractivity contribution in [1.82, 2.24) is 5.32 Å². The molecule has 1 fully saturated rings. The Morgan fingerprint density at radius 3 is 3.21 bits per heavy atom. The van der Waals surface area contributed by atoms with Crippen LogP contribution in [0.4, 0.5) is 0 Å². The molecule has 2 heteroatoms. The van der Waals surface area contributed by atoms with Crippen LogP contribution < -0.4 is 5.32 Å². The largest absolute Gasteiger partial charge is 0.372 e. The number of benzene rings is 1. The van der Waals surface area contributed by atoms with Crippen LogP contribution in [0, 0.1) is 0 Å². The van der Waals surface area contributed by atoms with E-state index in [2.05, 4.69) is 29.6 Å². The van der Waals surface area contributed by atoms with Gasteiger partial charge in [0.1, 0.15) is 0 Å². The summed E-state index contributed by atoms with van der Waals surface area (Å²) < 4.78 is 5.89. The SMILES string of the molecule is c1ccc2c(c1)C[C@@H]1NCCCO[C@@H]21. The highest BCUT2D eigenvalue weighted by Crippen LogP contribution is 2.34. The Kier molecular flexibility index (Phi) is 2.03. The van der Waals surface area contributed by atoms with Gasteiger partial charge in [0.05, 0.1) is 6.10 Å². The quantitative estimate of drug-likeness (QED) is 0.670. The first-order valence-electron chi connectivity index (χ1n) is 5.38. The van der Waals surface area contributed by atoms with Crippen LogP contribution in [0.5, 0.6) is 0 Å². The summed E-state index contributed by atoms with van der Waals surface area (Å²) in [6.45, 7) is 1.98. The van der Waals surface area contributed by atoms with E-state index in [1.165, 1.54) is 11.1 Å². The third-order valence-electron chi connectivity index (χ3n) is 3.19. The molecular weight excluding hydrogens is 174 g/mol. The van der Waals surface area contributed by atoms with Crippen LogP contribution >= 0.6 is 0 Å². The second kappa shape index (κ2) is 3.37. The number of hydrogen-bond donors (Lipinski definition) is 1. The van der Waals surface area contributed by atoms with Gasteiger partial charge in [0.25, 0.3) is 0 Å². The monoisotopic (exact) mass is 189 g/mol. The second-order valence-electron chi connectivity index (χ2n) is 4.11. The van der Waals surface area contributed by atoms with Gasteiger partial charge in [-0.05, 0) is 30.5 Å². The Labute approximate surface area is 84.3 Å². The lowest BCUT2D eigenvalue weighted by atomic mass is 10.1. The van der Waals surface area contributed by atoms with Crippen molar-refractivity contribution in [2.45, 2.75) is 25.0 Å². The van der Waals surface area contributed by atoms with Gasteiger partial charge in [-0.1, -0.05) is 24.3 Å². The topological polar surface area (TPSA) is 21.3 Å². The van der Waals surface area contributed by atoms with Crippen LogP contribution in [0.25, 0.3) is 0 Å². The molecule has 2 aliphatic rings. The lowest BCUT2D eigenvalue weighted by Crippen LogP contribution is -2.31. The Morgan fingerprint density at radius 1 is 1.29 bits per heavy atom. The number of rotatable bonds is 0. The molecule has 1 aliphatic heterocycles. The average Bonchev–Trinajstić information content (AvgIpc) is 2.42. The molecule has 0 bridgehead atoms. The van der Waals surface area contributed by atoms with Crippen LogP contribution in [0.1, 0.15) is 23.7 Å². The number of ether oxygens (including phenoxy) is 1. The highest BCUT2D eigenvalue weighted by atomic mass is 16.5. The smallest absolute Gasteiger partial charge is 0.0983 e. The normalized spacial score (nSPS) is 30.6. The van der Waals surface area contributed by atoms with Gasteiger partial charge in [0, 0.05) is 12.6 Å². The average molecular weight is 189 g/mol. The highest BCUT2D eigenvalue weighted by molar-refractivity contribution is 5.36. The van der Waals surface area contributed by atoms with Gasteiger partial charge in [0.15, 0.2) is 0 Å². The molecule has 0 aromatic heterocycles. The fourth-order valence-electron chi connectivity index (χ4n) is 2.51. The molecule has 3 rings (SSSR count). The maximum Gasteiger partial charge on any atom is 0.0983 e. The fourth-order valence-corrected chi connectivity index (χ4v) is 2.51. The van der Waals surface area contributed by atoms with Crippen molar-refractivity contribution in [1.29, 1.82) is 0 Å².